The van der Waals surface area contributed by atoms with Crippen molar-refractivity contribution in [3.05, 3.63) is 59.4 Å². The fourth-order valence-electron chi connectivity index (χ4n) is 4.15. The number of piperidine rings is 1. The molecule has 1 aliphatic heterocycles. The van der Waals surface area contributed by atoms with E-state index in [1.54, 1.807) is 18.2 Å². The number of nitrogens with zero attached hydrogens (tertiary/aromatic N) is 2. The van der Waals surface area contributed by atoms with Gasteiger partial charge in [-0.3, -0.25) is 4.79 Å². The van der Waals surface area contributed by atoms with Crippen LogP contribution in [0.4, 0.5) is 4.39 Å². The van der Waals surface area contributed by atoms with Gasteiger partial charge in [-0.2, -0.15) is 4.31 Å². The highest BCUT2D eigenvalue weighted by atomic mass is 32.2. The molecule has 1 amide bonds. The van der Waals surface area contributed by atoms with E-state index in [1.165, 1.54) is 35.7 Å². The average Bonchev–Trinajstić information content (AvgIpc) is 2.79. The maximum atomic E-state index is 13.4. The van der Waals surface area contributed by atoms with Crippen LogP contribution in [-0.2, 0) is 10.0 Å². The molecule has 0 bridgehead atoms. The number of carbonyl (C=O) groups is 1. The first-order valence-electron chi connectivity index (χ1n) is 11.0. The summed E-state index contributed by atoms with van der Waals surface area (Å²) in [6.07, 6.45) is 2.60. The number of methoxy groups -OCH3 is 1. The van der Waals surface area contributed by atoms with Gasteiger partial charge in [0.05, 0.1) is 13.2 Å². The smallest absolute Gasteiger partial charge is 0.251 e. The van der Waals surface area contributed by atoms with Crippen LogP contribution in [0.3, 0.4) is 0 Å². The minimum atomic E-state index is -3.82. The molecule has 180 valence electrons. The van der Waals surface area contributed by atoms with Gasteiger partial charge in [-0.05, 0) is 69.8 Å². The van der Waals surface area contributed by atoms with Crippen LogP contribution >= 0.6 is 0 Å². The molecular formula is C24H32FN3O4S. The molecule has 1 saturated heterocycles. The van der Waals surface area contributed by atoms with Crippen LogP contribution in [0.2, 0.25) is 0 Å². The van der Waals surface area contributed by atoms with E-state index >= 15 is 0 Å². The molecule has 0 aromatic heterocycles. The van der Waals surface area contributed by atoms with E-state index in [4.69, 9.17) is 4.74 Å². The quantitative estimate of drug-likeness (QED) is 0.630. The van der Waals surface area contributed by atoms with E-state index in [0.717, 1.165) is 24.8 Å². The molecule has 33 heavy (non-hydrogen) atoms. The van der Waals surface area contributed by atoms with Crippen LogP contribution in [0.15, 0.2) is 47.4 Å². The van der Waals surface area contributed by atoms with Crippen molar-refractivity contribution in [2.75, 3.05) is 34.3 Å². The maximum Gasteiger partial charge on any atom is 0.251 e. The minimum absolute atomic E-state index is 0.00547. The van der Waals surface area contributed by atoms with E-state index < -0.39 is 15.9 Å². The van der Waals surface area contributed by atoms with Crippen LogP contribution in [0.25, 0.3) is 0 Å². The molecule has 0 saturated carbocycles. The third kappa shape index (κ3) is 5.72. The van der Waals surface area contributed by atoms with Crippen LogP contribution < -0.4 is 10.1 Å². The van der Waals surface area contributed by atoms with Gasteiger partial charge >= 0.3 is 0 Å². The Labute approximate surface area is 195 Å². The molecule has 1 fully saturated rings. The molecule has 1 aliphatic rings. The summed E-state index contributed by atoms with van der Waals surface area (Å²) in [6.45, 7) is 2.62. The van der Waals surface area contributed by atoms with E-state index in [1.807, 2.05) is 25.9 Å². The monoisotopic (exact) mass is 477 g/mol. The third-order valence-corrected chi connectivity index (χ3v) is 8.12. The van der Waals surface area contributed by atoms with E-state index in [9.17, 15) is 17.6 Å². The van der Waals surface area contributed by atoms with Crippen LogP contribution in [-0.4, -0.2) is 63.9 Å². The number of hydrogen-bond donors (Lipinski definition) is 1. The first-order chi connectivity index (χ1) is 15.6. The number of amides is 1. The third-order valence-electron chi connectivity index (χ3n) is 6.09. The zero-order valence-corrected chi connectivity index (χ0v) is 20.4. The van der Waals surface area contributed by atoms with E-state index in [2.05, 4.69) is 5.32 Å². The molecule has 0 aliphatic carbocycles. The Kier molecular flexibility index (Phi) is 8.10. The summed E-state index contributed by atoms with van der Waals surface area (Å²) in [7, 11) is 1.34. The highest BCUT2D eigenvalue weighted by molar-refractivity contribution is 7.89. The molecule has 0 radical (unpaired) electrons. The number of likely N-dealkylation sites (N-methyl/N-ethyl adjacent to an activating group) is 1. The fraction of sp³-hybridized carbons (Fsp3) is 0.458. The predicted molar refractivity (Wildman–Crippen MR) is 125 cm³/mol. The molecule has 1 heterocycles. The summed E-state index contributed by atoms with van der Waals surface area (Å²) >= 11 is 0. The Balaban J connectivity index is 1.83. The minimum Gasteiger partial charge on any atom is -0.495 e. The molecule has 0 spiro atoms. The SMILES string of the molecule is COc1ccc(C(=O)NCC(c2ccc(F)cc2)N(C)C)cc1S(=O)(=O)N1CCCCC1C. The van der Waals surface area contributed by atoms with Crippen LogP contribution in [0.1, 0.15) is 48.1 Å². The lowest BCUT2D eigenvalue weighted by Crippen LogP contribution is -2.42. The van der Waals surface area contributed by atoms with E-state index in [-0.39, 0.29) is 40.7 Å². The molecule has 9 heteroatoms. The maximum absolute atomic E-state index is 13.4. The summed E-state index contributed by atoms with van der Waals surface area (Å²) in [5.41, 5.74) is 1.09. The van der Waals surface area contributed by atoms with Crippen molar-refractivity contribution in [2.24, 2.45) is 0 Å². The Morgan fingerprint density at radius 1 is 1.21 bits per heavy atom. The molecule has 2 atom stereocenters. The second kappa shape index (κ2) is 10.6. The van der Waals surface area contributed by atoms with Gasteiger partial charge in [-0.1, -0.05) is 18.6 Å². The lowest BCUT2D eigenvalue weighted by molar-refractivity contribution is 0.0941. The van der Waals surface area contributed by atoms with Gasteiger partial charge < -0.3 is 15.0 Å². The van der Waals surface area contributed by atoms with Gasteiger partial charge in [-0.15, -0.1) is 0 Å². The van der Waals surface area contributed by atoms with Crippen molar-refractivity contribution < 1.29 is 22.3 Å². The molecule has 2 aromatic rings. The van der Waals surface area contributed by atoms with Gasteiger partial charge in [0, 0.05) is 24.7 Å². The second-order valence-electron chi connectivity index (χ2n) is 8.57. The van der Waals surface area contributed by atoms with Crippen LogP contribution in [0.5, 0.6) is 5.75 Å². The Morgan fingerprint density at radius 2 is 1.91 bits per heavy atom. The molecule has 1 N–H and O–H groups in total. The van der Waals surface area contributed by atoms with Crippen molar-refractivity contribution >= 4 is 15.9 Å². The fourth-order valence-corrected chi connectivity index (χ4v) is 6.03. The number of hydrogen-bond acceptors (Lipinski definition) is 5. The number of rotatable bonds is 8. The van der Waals surface area contributed by atoms with Crippen molar-refractivity contribution in [3.8, 4) is 5.75 Å². The van der Waals surface area contributed by atoms with Gasteiger partial charge in [0.15, 0.2) is 0 Å². The lowest BCUT2D eigenvalue weighted by atomic mass is 10.1. The topological polar surface area (TPSA) is 79.0 Å². The normalized spacial score (nSPS) is 18.2. The lowest BCUT2D eigenvalue weighted by Gasteiger charge is -2.32. The molecule has 7 nitrogen and oxygen atoms in total. The average molecular weight is 478 g/mol. The highest BCUT2D eigenvalue weighted by Gasteiger charge is 2.33. The summed E-state index contributed by atoms with van der Waals surface area (Å²) in [4.78, 5) is 14.9. The Hall–Kier alpha value is -2.49. The molecule has 3 rings (SSSR count). The molecular weight excluding hydrogens is 445 g/mol. The van der Waals surface area contributed by atoms with E-state index in [0.29, 0.717) is 6.54 Å². The summed E-state index contributed by atoms with van der Waals surface area (Å²) in [5, 5.41) is 2.87. The number of halogens is 1. The second-order valence-corrected chi connectivity index (χ2v) is 10.4. The number of benzene rings is 2. The zero-order chi connectivity index (χ0) is 24.2. The van der Waals surface area contributed by atoms with Crippen molar-refractivity contribution in [1.29, 1.82) is 0 Å². The number of carbonyl (C=O) groups excluding carboxylic acids is 1. The summed E-state index contributed by atoms with van der Waals surface area (Å²) in [6, 6.07) is 10.3. The number of ether oxygens (including phenoxy) is 1. The van der Waals surface area contributed by atoms with Crippen LogP contribution in [0, 0.1) is 5.82 Å². The van der Waals surface area contributed by atoms with Crippen molar-refractivity contribution in [3.63, 3.8) is 0 Å². The van der Waals surface area contributed by atoms with Gasteiger partial charge in [0.25, 0.3) is 5.91 Å². The largest absolute Gasteiger partial charge is 0.495 e. The standard InChI is InChI=1S/C24H32FN3O4S/c1-17-7-5-6-14-28(17)33(30,31)23-15-19(10-13-22(23)32-4)24(29)26-16-21(27(2)3)18-8-11-20(25)12-9-18/h8-13,15,17,21H,5-7,14,16H2,1-4H3,(H,26,29). The first kappa shape index (κ1) is 25.1. The molecule has 2 unspecified atom stereocenters. The van der Waals surface area contributed by atoms with Crippen molar-refractivity contribution in [1.82, 2.24) is 14.5 Å². The van der Waals surface area contributed by atoms with Gasteiger partial charge in [0.1, 0.15) is 16.5 Å². The molecule has 2 aromatic carbocycles. The number of sulfonamides is 1. The van der Waals surface area contributed by atoms with Crippen molar-refractivity contribution in [2.45, 2.75) is 43.2 Å². The van der Waals surface area contributed by atoms with Gasteiger partial charge in [0.2, 0.25) is 10.0 Å². The first-order valence-corrected chi connectivity index (χ1v) is 12.5. The Bertz CT molecular complexity index is 1070. The summed E-state index contributed by atoms with van der Waals surface area (Å²) in [5.74, 6) is -0.508. The number of nitrogens with one attached hydrogen (secondary N) is 1. The zero-order valence-electron chi connectivity index (χ0n) is 19.5. The summed E-state index contributed by atoms with van der Waals surface area (Å²) < 4.78 is 46.9. The van der Waals surface area contributed by atoms with Gasteiger partial charge in [-0.25, -0.2) is 12.8 Å². The highest BCUT2D eigenvalue weighted by Crippen LogP contribution is 2.31. The predicted octanol–water partition coefficient (Wildman–Crippen LogP) is 3.43. The Morgan fingerprint density at radius 3 is 2.52 bits per heavy atom.